The van der Waals surface area contributed by atoms with E-state index < -0.39 is 46.9 Å². The van der Waals surface area contributed by atoms with Crippen molar-refractivity contribution in [2.75, 3.05) is 6.61 Å². The monoisotopic (exact) mass is 290 g/mol. The van der Waals surface area contributed by atoms with Gasteiger partial charge in [-0.15, -0.1) is 0 Å². The Kier molecular flexibility index (Phi) is 5.12. The molecule has 0 spiro atoms. The fraction of sp³-hybridized carbons (Fsp3) is 0.333. The molecule has 6 nitrogen and oxygen atoms in total. The number of aromatic carboxylic acids is 1. The topological polar surface area (TPSA) is 104 Å². The van der Waals surface area contributed by atoms with Crippen molar-refractivity contribution in [2.24, 2.45) is 0 Å². The Bertz CT molecular complexity index is 531. The maximum atomic E-state index is 13.1. The molecule has 110 valence electrons. The molecule has 2 unspecified atom stereocenters. The van der Waals surface area contributed by atoms with Gasteiger partial charge < -0.3 is 20.1 Å². The lowest BCUT2D eigenvalue weighted by Crippen LogP contribution is -2.31. The number of esters is 1. The molecule has 0 aliphatic heterocycles. The second kappa shape index (κ2) is 6.40. The molecule has 1 aromatic rings. The van der Waals surface area contributed by atoms with Crippen molar-refractivity contribution in [3.05, 3.63) is 34.9 Å². The van der Waals surface area contributed by atoms with Crippen LogP contribution in [-0.2, 0) is 9.53 Å². The molecule has 0 aliphatic rings. The van der Waals surface area contributed by atoms with Crippen LogP contribution in [0.4, 0.5) is 8.78 Å². The van der Waals surface area contributed by atoms with Crippen LogP contribution in [0.25, 0.3) is 0 Å². The summed E-state index contributed by atoms with van der Waals surface area (Å²) in [5, 5.41) is 28.1. The summed E-state index contributed by atoms with van der Waals surface area (Å²) in [5.41, 5.74) is -1.39. The van der Waals surface area contributed by atoms with Crippen LogP contribution in [0.5, 0.6) is 0 Å². The molecule has 0 aliphatic carbocycles. The summed E-state index contributed by atoms with van der Waals surface area (Å²) < 4.78 is 30.5. The van der Waals surface area contributed by atoms with Gasteiger partial charge >= 0.3 is 11.9 Å². The van der Waals surface area contributed by atoms with Gasteiger partial charge in [-0.25, -0.2) is 18.4 Å². The lowest BCUT2D eigenvalue weighted by Gasteiger charge is -2.18. The second-order valence-electron chi connectivity index (χ2n) is 3.80. The Morgan fingerprint density at radius 1 is 1.25 bits per heavy atom. The summed E-state index contributed by atoms with van der Waals surface area (Å²) in [5.74, 6) is -5.70. The van der Waals surface area contributed by atoms with E-state index in [9.17, 15) is 28.6 Å². The number of halogens is 2. The van der Waals surface area contributed by atoms with E-state index in [0.717, 1.165) is 0 Å². The first-order valence-corrected chi connectivity index (χ1v) is 5.54. The molecule has 3 N–H and O–H groups in total. The van der Waals surface area contributed by atoms with Gasteiger partial charge in [0.15, 0.2) is 17.7 Å². The summed E-state index contributed by atoms with van der Waals surface area (Å²) >= 11 is 0. The molecule has 2 atom stereocenters. The first kappa shape index (κ1) is 16.0. The van der Waals surface area contributed by atoms with E-state index in [4.69, 9.17) is 5.11 Å². The van der Waals surface area contributed by atoms with Crippen molar-refractivity contribution in [2.45, 2.75) is 19.1 Å². The predicted octanol–water partition coefficient (Wildman–Crippen LogP) is 0.620. The maximum Gasteiger partial charge on any atom is 0.338 e. The van der Waals surface area contributed by atoms with Gasteiger partial charge in [0.05, 0.1) is 12.2 Å². The molecule has 8 heteroatoms. The number of rotatable bonds is 5. The Morgan fingerprint density at radius 2 is 1.80 bits per heavy atom. The van der Waals surface area contributed by atoms with Gasteiger partial charge in [-0.05, 0) is 19.1 Å². The Balaban J connectivity index is 3.20. The fourth-order valence-electron chi connectivity index (χ4n) is 1.52. The van der Waals surface area contributed by atoms with Crippen molar-refractivity contribution in [3.63, 3.8) is 0 Å². The number of carboxylic acids is 1. The Morgan fingerprint density at radius 3 is 2.30 bits per heavy atom. The molecule has 1 rings (SSSR count). The number of aliphatic hydroxyl groups is 2. The minimum Gasteiger partial charge on any atom is -0.478 e. The number of aliphatic hydroxyl groups excluding tert-OH is 2. The molecule has 0 saturated heterocycles. The molecular formula is C12H12F2O6. The predicted molar refractivity (Wildman–Crippen MR) is 60.9 cm³/mol. The number of benzene rings is 1. The summed E-state index contributed by atoms with van der Waals surface area (Å²) in [7, 11) is 0. The lowest BCUT2D eigenvalue weighted by molar-refractivity contribution is -0.159. The molecule has 0 amide bonds. The molecule has 0 radical (unpaired) electrons. The van der Waals surface area contributed by atoms with Crippen LogP contribution in [0.1, 0.15) is 28.9 Å². The minimum absolute atomic E-state index is 0.0772. The fourth-order valence-corrected chi connectivity index (χ4v) is 1.52. The number of hydrogen-bond acceptors (Lipinski definition) is 5. The lowest BCUT2D eigenvalue weighted by atomic mass is 9.98. The number of carbonyl (C=O) groups is 2. The van der Waals surface area contributed by atoms with Gasteiger partial charge in [0, 0.05) is 5.56 Å². The van der Waals surface area contributed by atoms with E-state index in [0.29, 0.717) is 12.1 Å². The average molecular weight is 290 g/mol. The quantitative estimate of drug-likeness (QED) is 0.687. The highest BCUT2D eigenvalue weighted by molar-refractivity contribution is 5.90. The largest absolute Gasteiger partial charge is 0.478 e. The molecule has 0 saturated carbocycles. The maximum absolute atomic E-state index is 13.1. The summed E-state index contributed by atoms with van der Waals surface area (Å²) in [6.45, 7) is 1.38. The number of carboxylic acid groups (broad SMARTS) is 1. The molecule has 1 aromatic carbocycles. The highest BCUT2D eigenvalue weighted by Crippen LogP contribution is 2.25. The summed E-state index contributed by atoms with van der Waals surface area (Å²) in [6, 6.07) is 0.764. The Labute approximate surface area is 112 Å². The number of hydrogen-bond donors (Lipinski definition) is 3. The second-order valence-corrected chi connectivity index (χ2v) is 3.80. The van der Waals surface area contributed by atoms with E-state index in [1.54, 1.807) is 0 Å². The van der Waals surface area contributed by atoms with Crippen LogP contribution in [0.2, 0.25) is 0 Å². The molecule has 20 heavy (non-hydrogen) atoms. The normalized spacial score (nSPS) is 13.7. The summed E-state index contributed by atoms with van der Waals surface area (Å²) in [4.78, 5) is 22.2. The van der Waals surface area contributed by atoms with Crippen molar-refractivity contribution >= 4 is 11.9 Å². The van der Waals surface area contributed by atoms with E-state index >= 15 is 0 Å². The zero-order valence-electron chi connectivity index (χ0n) is 10.3. The minimum atomic E-state index is -2.11. The molecule has 0 bridgehead atoms. The first-order chi connectivity index (χ1) is 9.29. The van der Waals surface area contributed by atoms with Crippen molar-refractivity contribution in [1.82, 2.24) is 0 Å². The van der Waals surface area contributed by atoms with Crippen molar-refractivity contribution < 1.29 is 38.4 Å². The van der Waals surface area contributed by atoms with Crippen molar-refractivity contribution in [3.8, 4) is 0 Å². The van der Waals surface area contributed by atoms with Crippen LogP contribution < -0.4 is 0 Å². The highest BCUT2D eigenvalue weighted by Gasteiger charge is 2.31. The average Bonchev–Trinajstić information content (AvgIpc) is 2.39. The van der Waals surface area contributed by atoms with Gasteiger partial charge in [-0.1, -0.05) is 0 Å². The zero-order valence-corrected chi connectivity index (χ0v) is 10.3. The van der Waals surface area contributed by atoms with Crippen LogP contribution in [0.15, 0.2) is 12.1 Å². The zero-order chi connectivity index (χ0) is 15.4. The van der Waals surface area contributed by atoms with Gasteiger partial charge in [-0.2, -0.15) is 0 Å². The van der Waals surface area contributed by atoms with Gasteiger partial charge in [0.1, 0.15) is 6.10 Å². The van der Waals surface area contributed by atoms with Crippen LogP contribution in [-0.4, -0.2) is 40.0 Å². The number of ether oxygens (including phenoxy) is 1. The van der Waals surface area contributed by atoms with E-state index in [1.807, 2.05) is 0 Å². The van der Waals surface area contributed by atoms with Crippen LogP contribution in [0, 0.1) is 11.6 Å². The Hall–Kier alpha value is -2.06. The molecular weight excluding hydrogens is 278 g/mol. The summed E-state index contributed by atoms with van der Waals surface area (Å²) in [6.07, 6.45) is -4.17. The van der Waals surface area contributed by atoms with E-state index in [-0.39, 0.29) is 6.61 Å². The third kappa shape index (κ3) is 3.28. The molecule has 0 fully saturated rings. The molecule has 0 heterocycles. The standard InChI is InChI=1S/C12H12F2O6/c1-2-20-12(19)10(16)9(15)5-3-7(13)8(14)4-6(5)11(17)18/h3-4,9-10,15-16H,2H2,1H3,(H,17,18). The van der Waals surface area contributed by atoms with Gasteiger partial charge in [0.25, 0.3) is 0 Å². The SMILES string of the molecule is CCOC(=O)C(O)C(O)c1cc(F)c(F)cc1C(=O)O. The smallest absolute Gasteiger partial charge is 0.338 e. The highest BCUT2D eigenvalue weighted by atomic mass is 19.2. The van der Waals surface area contributed by atoms with E-state index in [1.165, 1.54) is 6.92 Å². The number of carbonyl (C=O) groups excluding carboxylic acids is 1. The first-order valence-electron chi connectivity index (χ1n) is 5.54. The van der Waals surface area contributed by atoms with Gasteiger partial charge in [0.2, 0.25) is 0 Å². The van der Waals surface area contributed by atoms with Gasteiger partial charge in [-0.3, -0.25) is 0 Å². The third-order valence-electron chi connectivity index (χ3n) is 2.47. The third-order valence-corrected chi connectivity index (χ3v) is 2.47. The van der Waals surface area contributed by atoms with Crippen LogP contribution >= 0.6 is 0 Å². The van der Waals surface area contributed by atoms with Crippen LogP contribution in [0.3, 0.4) is 0 Å². The molecule has 0 aromatic heterocycles. The van der Waals surface area contributed by atoms with Crippen molar-refractivity contribution in [1.29, 1.82) is 0 Å². The van der Waals surface area contributed by atoms with E-state index in [2.05, 4.69) is 4.74 Å².